The normalized spacial score (nSPS) is 12.3. The monoisotopic (exact) mass is 414 g/mol. The van der Waals surface area contributed by atoms with Crippen molar-refractivity contribution in [1.82, 2.24) is 24.5 Å². The van der Waals surface area contributed by atoms with Crippen LogP contribution in [0.3, 0.4) is 0 Å². The van der Waals surface area contributed by atoms with E-state index in [1.807, 2.05) is 6.92 Å². The van der Waals surface area contributed by atoms with Gasteiger partial charge in [0.05, 0.1) is 24.0 Å². The van der Waals surface area contributed by atoms with E-state index in [0.29, 0.717) is 17.8 Å². The van der Waals surface area contributed by atoms with Crippen molar-refractivity contribution in [1.29, 1.82) is 0 Å². The first-order valence-corrected chi connectivity index (χ1v) is 9.69. The summed E-state index contributed by atoms with van der Waals surface area (Å²) in [6.07, 6.45) is -1.97. The Bertz CT molecular complexity index is 1090. The molecule has 0 saturated heterocycles. The van der Waals surface area contributed by atoms with Gasteiger partial charge in [-0.3, -0.25) is 4.68 Å². The van der Waals surface area contributed by atoms with E-state index < -0.39 is 21.8 Å². The van der Waals surface area contributed by atoms with Gasteiger partial charge in [-0.1, -0.05) is 12.1 Å². The summed E-state index contributed by atoms with van der Waals surface area (Å²) in [5.74, 6) is -0.185. The Balaban J connectivity index is 1.76. The number of nitrogens with zero attached hydrogens (tertiary/aromatic N) is 5. The summed E-state index contributed by atoms with van der Waals surface area (Å²) in [6, 6.07) is 4.80. The number of hydrogen-bond donors (Lipinski definition) is 1. The molecule has 150 valence electrons. The fraction of sp³-hybridized carbons (Fsp3) is 0.312. The fourth-order valence-electron chi connectivity index (χ4n) is 2.64. The molecule has 2 aromatic heterocycles. The average molecular weight is 414 g/mol. The topological polar surface area (TPSA) is 94.7 Å². The lowest BCUT2D eigenvalue weighted by Gasteiger charge is -2.08. The van der Waals surface area contributed by atoms with E-state index in [1.54, 1.807) is 6.92 Å². The van der Waals surface area contributed by atoms with Crippen molar-refractivity contribution in [3.8, 4) is 0 Å². The number of anilines is 1. The molecule has 0 amide bonds. The zero-order chi connectivity index (χ0) is 20.5. The van der Waals surface area contributed by atoms with Crippen LogP contribution in [0.1, 0.15) is 23.7 Å². The van der Waals surface area contributed by atoms with Gasteiger partial charge in [-0.2, -0.15) is 23.3 Å². The van der Waals surface area contributed by atoms with E-state index in [4.69, 9.17) is 0 Å². The number of benzene rings is 1. The van der Waals surface area contributed by atoms with Crippen LogP contribution in [0.5, 0.6) is 0 Å². The molecule has 0 spiro atoms. The maximum absolute atomic E-state index is 12.8. The maximum atomic E-state index is 12.8. The van der Waals surface area contributed by atoms with Crippen LogP contribution in [0.2, 0.25) is 0 Å². The molecule has 12 heteroatoms. The molecule has 28 heavy (non-hydrogen) atoms. The smallest absolute Gasteiger partial charge is 0.269 e. The van der Waals surface area contributed by atoms with Crippen molar-refractivity contribution in [2.45, 2.75) is 38.0 Å². The van der Waals surface area contributed by atoms with E-state index >= 15 is 0 Å². The third kappa shape index (κ3) is 4.16. The standard InChI is InChI=1S/C16H17F3N6O2S/c1-3-25-11(2)14(8-21-25)28(26,27)23-15-20-10-24(22-15)9-12-5-4-6-13(7-12)16(17,18)19/h4-8,10H,3,9H2,1-2H3,(H,22,23). The van der Waals surface area contributed by atoms with Crippen LogP contribution >= 0.6 is 0 Å². The molecular weight excluding hydrogens is 397 g/mol. The number of aromatic nitrogens is 5. The van der Waals surface area contributed by atoms with Gasteiger partial charge in [0.2, 0.25) is 0 Å². The molecule has 0 saturated carbocycles. The molecule has 0 fully saturated rings. The van der Waals surface area contributed by atoms with Gasteiger partial charge in [0.15, 0.2) is 0 Å². The number of alkyl halides is 3. The van der Waals surface area contributed by atoms with Gasteiger partial charge in [-0.25, -0.2) is 17.8 Å². The number of rotatable bonds is 6. The highest BCUT2D eigenvalue weighted by molar-refractivity contribution is 7.92. The van der Waals surface area contributed by atoms with Crippen LogP contribution in [0.4, 0.5) is 19.1 Å². The molecule has 0 radical (unpaired) electrons. The first-order valence-electron chi connectivity index (χ1n) is 8.21. The second-order valence-electron chi connectivity index (χ2n) is 5.98. The first-order chi connectivity index (χ1) is 13.1. The highest BCUT2D eigenvalue weighted by atomic mass is 32.2. The van der Waals surface area contributed by atoms with Crippen molar-refractivity contribution >= 4 is 16.0 Å². The first kappa shape index (κ1) is 19.9. The third-order valence-electron chi connectivity index (χ3n) is 4.01. The van der Waals surface area contributed by atoms with Gasteiger partial charge in [-0.15, -0.1) is 5.10 Å². The highest BCUT2D eigenvalue weighted by Crippen LogP contribution is 2.29. The van der Waals surface area contributed by atoms with Gasteiger partial charge in [0, 0.05) is 6.54 Å². The zero-order valence-corrected chi connectivity index (χ0v) is 15.8. The zero-order valence-electron chi connectivity index (χ0n) is 15.0. The van der Waals surface area contributed by atoms with E-state index in [9.17, 15) is 21.6 Å². The van der Waals surface area contributed by atoms with E-state index in [2.05, 4.69) is 19.9 Å². The predicted molar refractivity (Wildman–Crippen MR) is 94.0 cm³/mol. The third-order valence-corrected chi connectivity index (χ3v) is 5.44. The second kappa shape index (κ2) is 7.26. The number of aryl methyl sites for hydroxylation is 1. The fourth-order valence-corrected chi connectivity index (χ4v) is 3.76. The molecule has 1 aromatic carbocycles. The summed E-state index contributed by atoms with van der Waals surface area (Å²) < 4.78 is 68.4. The molecule has 0 bridgehead atoms. The highest BCUT2D eigenvalue weighted by Gasteiger charge is 2.30. The number of sulfonamides is 1. The quantitative estimate of drug-likeness (QED) is 0.669. The molecule has 2 heterocycles. The Morgan fingerprint density at radius 2 is 2.00 bits per heavy atom. The van der Waals surface area contributed by atoms with Crippen LogP contribution in [0.25, 0.3) is 0 Å². The number of nitrogens with one attached hydrogen (secondary N) is 1. The Labute approximate surface area is 159 Å². The van der Waals surface area contributed by atoms with Gasteiger partial charge >= 0.3 is 6.18 Å². The Morgan fingerprint density at radius 3 is 2.64 bits per heavy atom. The molecule has 0 atom stereocenters. The lowest BCUT2D eigenvalue weighted by atomic mass is 10.1. The molecule has 8 nitrogen and oxygen atoms in total. The van der Waals surface area contributed by atoms with Gasteiger partial charge < -0.3 is 0 Å². The Kier molecular flexibility index (Phi) is 5.15. The van der Waals surface area contributed by atoms with Crippen LogP contribution in [-0.4, -0.2) is 33.0 Å². The van der Waals surface area contributed by atoms with Crippen LogP contribution in [0.15, 0.2) is 41.7 Å². The minimum Gasteiger partial charge on any atom is -0.269 e. The van der Waals surface area contributed by atoms with E-state index in [1.165, 1.54) is 34.0 Å². The lowest BCUT2D eigenvalue weighted by Crippen LogP contribution is -2.15. The minimum atomic E-state index is -4.44. The summed E-state index contributed by atoms with van der Waals surface area (Å²) in [7, 11) is -3.94. The van der Waals surface area contributed by atoms with Crippen LogP contribution in [0, 0.1) is 6.92 Å². The molecular formula is C16H17F3N6O2S. The van der Waals surface area contributed by atoms with Gasteiger partial charge in [0.1, 0.15) is 11.2 Å². The molecule has 0 aliphatic heterocycles. The molecule has 3 rings (SSSR count). The Morgan fingerprint density at radius 1 is 1.25 bits per heavy atom. The van der Waals surface area contributed by atoms with Crippen molar-refractivity contribution in [3.05, 3.63) is 53.6 Å². The van der Waals surface area contributed by atoms with E-state index in [-0.39, 0.29) is 17.4 Å². The van der Waals surface area contributed by atoms with Crippen LogP contribution in [-0.2, 0) is 29.3 Å². The van der Waals surface area contributed by atoms with E-state index in [0.717, 1.165) is 12.1 Å². The number of halogens is 3. The largest absolute Gasteiger partial charge is 0.416 e. The summed E-state index contributed by atoms with van der Waals surface area (Å²) in [5, 5.41) is 7.96. The van der Waals surface area contributed by atoms with Gasteiger partial charge in [-0.05, 0) is 31.5 Å². The van der Waals surface area contributed by atoms with Crippen molar-refractivity contribution in [2.75, 3.05) is 4.72 Å². The van der Waals surface area contributed by atoms with Gasteiger partial charge in [0.25, 0.3) is 16.0 Å². The summed E-state index contributed by atoms with van der Waals surface area (Å²) in [4.78, 5) is 3.87. The Hall–Kier alpha value is -2.89. The SMILES string of the molecule is CCn1ncc(S(=O)(=O)Nc2ncn(Cc3cccc(C(F)(F)F)c3)n2)c1C. The summed E-state index contributed by atoms with van der Waals surface area (Å²) in [6.45, 7) is 3.99. The second-order valence-corrected chi connectivity index (χ2v) is 7.63. The summed E-state index contributed by atoms with van der Waals surface area (Å²) >= 11 is 0. The number of hydrogen-bond acceptors (Lipinski definition) is 5. The van der Waals surface area contributed by atoms with Crippen molar-refractivity contribution in [2.24, 2.45) is 0 Å². The molecule has 1 N–H and O–H groups in total. The molecule has 0 unspecified atom stereocenters. The minimum absolute atomic E-state index is 0.00331. The van der Waals surface area contributed by atoms with Crippen molar-refractivity contribution < 1.29 is 21.6 Å². The predicted octanol–water partition coefficient (Wildman–Crippen LogP) is 2.67. The molecule has 3 aromatic rings. The van der Waals surface area contributed by atoms with Crippen LogP contribution < -0.4 is 4.72 Å². The van der Waals surface area contributed by atoms with Crippen molar-refractivity contribution in [3.63, 3.8) is 0 Å². The average Bonchev–Trinajstić information content (AvgIpc) is 3.20. The lowest BCUT2D eigenvalue weighted by molar-refractivity contribution is -0.137. The summed E-state index contributed by atoms with van der Waals surface area (Å²) in [5.41, 5.74) is 0.0575. The molecule has 0 aliphatic carbocycles. The maximum Gasteiger partial charge on any atom is 0.416 e. The molecule has 0 aliphatic rings.